The Morgan fingerprint density at radius 3 is 1.29 bits per heavy atom. The normalized spacial score (nSPS) is 8.74. The minimum Gasteiger partial charge on any atom is -0.222 e. The van der Waals surface area contributed by atoms with E-state index in [1.54, 1.807) is 0 Å². The summed E-state index contributed by atoms with van der Waals surface area (Å²) in [6.07, 6.45) is 2.25. The molecule has 0 bridgehead atoms. The highest BCUT2D eigenvalue weighted by atomic mass is 16.1. The Morgan fingerprint density at radius 2 is 0.857 bits per heavy atom. The predicted molar refractivity (Wildman–Crippen MR) is 136 cm³/mol. The first-order valence-electron chi connectivity index (χ1n) is 10.5. The lowest BCUT2D eigenvalue weighted by atomic mass is 9.81. The lowest BCUT2D eigenvalue weighted by molar-refractivity contribution is 0.562. The van der Waals surface area contributed by atoms with Gasteiger partial charge in [-0.1, -0.05) is 109 Å². The van der Waals surface area contributed by atoms with Gasteiger partial charge in [0.15, 0.2) is 0 Å². The van der Waals surface area contributed by atoms with Crippen LogP contribution in [0.4, 0.5) is 0 Å². The summed E-state index contributed by atoms with van der Waals surface area (Å²) in [5.74, 6) is 0.216. The Hall–Kier alpha value is -4.98. The van der Waals surface area contributed by atoms with Crippen molar-refractivity contribution < 1.29 is 14.4 Å². The molecule has 3 N–H and O–H groups in total. The Labute approximate surface area is 204 Å². The number of nitrogens with one attached hydrogen (secondary N) is 3. The number of benzene rings is 4. The molecule has 4 rings (SSSR count). The van der Waals surface area contributed by atoms with Gasteiger partial charge in [0, 0.05) is 5.92 Å². The van der Waals surface area contributed by atoms with Crippen molar-refractivity contribution in [2.75, 3.05) is 0 Å². The van der Waals surface area contributed by atoms with Gasteiger partial charge in [-0.3, -0.25) is 0 Å². The van der Waals surface area contributed by atoms with Gasteiger partial charge in [-0.25, -0.2) is 30.6 Å². The predicted octanol–water partition coefficient (Wildman–Crippen LogP) is 6.55. The first-order valence-corrected chi connectivity index (χ1v) is 10.5. The molecular weight excluding hydrogens is 438 g/mol. The standard InChI is InChI=1S/C26H22.3CHNO/c1-20-12-8-9-17-23(20)24-18-10-11-19-25(24)26(21-13-4-2-5-14-21)22-15-6-3-7-16-22;3*2-1-3/h2-19,26H,1H3;3*2H. The van der Waals surface area contributed by atoms with E-state index >= 15 is 0 Å². The van der Waals surface area contributed by atoms with E-state index in [0.29, 0.717) is 0 Å². The molecule has 0 spiro atoms. The molecule has 0 saturated heterocycles. The molecule has 0 fully saturated rings. The van der Waals surface area contributed by atoms with Crippen LogP contribution in [0.5, 0.6) is 0 Å². The van der Waals surface area contributed by atoms with E-state index in [2.05, 4.69) is 116 Å². The van der Waals surface area contributed by atoms with Crippen molar-refractivity contribution in [1.29, 1.82) is 16.2 Å². The second kappa shape index (κ2) is 16.6. The molecule has 0 amide bonds. The average molecular weight is 464 g/mol. The summed E-state index contributed by atoms with van der Waals surface area (Å²) in [6, 6.07) is 39.0. The molecule has 0 unspecified atom stereocenters. The molecule has 6 nitrogen and oxygen atoms in total. The quantitative estimate of drug-likeness (QED) is 0.181. The molecule has 0 atom stereocenters. The number of hydrogen-bond acceptors (Lipinski definition) is 6. The Bertz CT molecular complexity index is 1200. The van der Waals surface area contributed by atoms with E-state index in [1.807, 2.05) is 0 Å². The van der Waals surface area contributed by atoms with E-state index in [-0.39, 0.29) is 5.92 Å². The van der Waals surface area contributed by atoms with Crippen LogP contribution in [0, 0.1) is 23.2 Å². The van der Waals surface area contributed by atoms with Crippen LogP contribution < -0.4 is 0 Å². The number of aryl methyl sites for hydroxylation is 1. The molecule has 0 aliphatic heterocycles. The van der Waals surface area contributed by atoms with E-state index in [9.17, 15) is 0 Å². The topological polar surface area (TPSA) is 123 Å². The highest BCUT2D eigenvalue weighted by Crippen LogP contribution is 2.38. The molecule has 0 aliphatic rings. The lowest BCUT2D eigenvalue weighted by Crippen LogP contribution is -2.05. The molecule has 174 valence electrons. The second-order valence-corrected chi connectivity index (χ2v) is 6.96. The summed E-state index contributed by atoms with van der Waals surface area (Å²) >= 11 is 0. The van der Waals surface area contributed by atoms with Gasteiger partial charge in [0.2, 0.25) is 18.2 Å². The minimum atomic E-state index is 0.216. The fraction of sp³-hybridized carbons (Fsp3) is 0.0690. The maximum Gasteiger partial charge on any atom is 0.231 e. The highest BCUT2D eigenvalue weighted by molar-refractivity contribution is 5.72. The third kappa shape index (κ3) is 8.82. The van der Waals surface area contributed by atoms with E-state index < -0.39 is 0 Å². The summed E-state index contributed by atoms with van der Waals surface area (Å²) in [4.78, 5) is 25.0. The van der Waals surface area contributed by atoms with Crippen molar-refractivity contribution in [1.82, 2.24) is 0 Å². The molecule has 4 aromatic rings. The Kier molecular flexibility index (Phi) is 13.3. The first-order chi connectivity index (χ1) is 17.1. The monoisotopic (exact) mass is 463 g/mol. The van der Waals surface area contributed by atoms with Crippen LogP contribution in [-0.2, 0) is 14.4 Å². The van der Waals surface area contributed by atoms with Crippen LogP contribution >= 0.6 is 0 Å². The Morgan fingerprint density at radius 1 is 0.514 bits per heavy atom. The van der Waals surface area contributed by atoms with Gasteiger partial charge in [-0.2, -0.15) is 0 Å². The van der Waals surface area contributed by atoms with Crippen molar-refractivity contribution in [3.63, 3.8) is 0 Å². The van der Waals surface area contributed by atoms with Crippen molar-refractivity contribution in [3.8, 4) is 11.1 Å². The fourth-order valence-corrected chi connectivity index (χ4v) is 3.71. The maximum absolute atomic E-state index is 8.35. The summed E-state index contributed by atoms with van der Waals surface area (Å²) in [5, 5.41) is 16.2. The third-order valence-electron chi connectivity index (χ3n) is 4.97. The van der Waals surface area contributed by atoms with Crippen LogP contribution in [0.15, 0.2) is 109 Å². The molecule has 0 saturated carbocycles. The summed E-state index contributed by atoms with van der Waals surface area (Å²) < 4.78 is 0. The zero-order valence-corrected chi connectivity index (χ0v) is 19.2. The molecule has 0 aromatic heterocycles. The molecule has 0 heterocycles. The van der Waals surface area contributed by atoms with Crippen molar-refractivity contribution in [2.24, 2.45) is 0 Å². The summed E-state index contributed by atoms with van der Waals surface area (Å²) in [5.41, 5.74) is 7.90. The molecule has 6 heteroatoms. The van der Waals surface area contributed by atoms with Gasteiger partial charge in [0.05, 0.1) is 0 Å². The zero-order valence-electron chi connectivity index (χ0n) is 19.2. The molecule has 35 heavy (non-hydrogen) atoms. The van der Waals surface area contributed by atoms with Crippen LogP contribution in [0.25, 0.3) is 11.1 Å². The maximum atomic E-state index is 8.35. The van der Waals surface area contributed by atoms with Gasteiger partial charge < -0.3 is 0 Å². The Balaban J connectivity index is 0.000000597. The van der Waals surface area contributed by atoms with Gasteiger partial charge in [-0.15, -0.1) is 0 Å². The van der Waals surface area contributed by atoms with Gasteiger partial charge in [0.1, 0.15) is 0 Å². The van der Waals surface area contributed by atoms with Crippen LogP contribution in [0.3, 0.4) is 0 Å². The second-order valence-electron chi connectivity index (χ2n) is 6.96. The van der Waals surface area contributed by atoms with Gasteiger partial charge in [0.25, 0.3) is 0 Å². The average Bonchev–Trinajstić information content (AvgIpc) is 2.88. The number of carbonyl (C=O) groups excluding carboxylic acids is 3. The van der Waals surface area contributed by atoms with E-state index in [1.165, 1.54) is 33.4 Å². The summed E-state index contributed by atoms with van der Waals surface area (Å²) in [6.45, 7) is 2.19. The van der Waals surface area contributed by atoms with Crippen LogP contribution in [-0.4, -0.2) is 18.2 Å². The number of isocyanates is 3. The van der Waals surface area contributed by atoms with Crippen molar-refractivity contribution in [2.45, 2.75) is 12.8 Å². The first kappa shape index (κ1) is 28.1. The number of hydrogen-bond donors (Lipinski definition) is 3. The van der Waals surface area contributed by atoms with Crippen LogP contribution in [0.1, 0.15) is 28.2 Å². The minimum absolute atomic E-state index is 0.216. The molecule has 0 aliphatic carbocycles. The van der Waals surface area contributed by atoms with Gasteiger partial charge in [-0.05, 0) is 40.3 Å². The van der Waals surface area contributed by atoms with Crippen molar-refractivity contribution in [3.05, 3.63) is 131 Å². The highest BCUT2D eigenvalue weighted by Gasteiger charge is 2.20. The largest absolute Gasteiger partial charge is 0.231 e. The van der Waals surface area contributed by atoms with E-state index in [4.69, 9.17) is 30.6 Å². The fourth-order valence-electron chi connectivity index (χ4n) is 3.71. The molecule has 4 aromatic carbocycles. The smallest absolute Gasteiger partial charge is 0.222 e. The molecular formula is C29H25N3O3. The zero-order chi connectivity index (χ0) is 25.9. The number of rotatable bonds is 4. The van der Waals surface area contributed by atoms with Crippen molar-refractivity contribution >= 4 is 18.2 Å². The van der Waals surface area contributed by atoms with Gasteiger partial charge >= 0.3 is 0 Å². The molecule has 0 radical (unpaired) electrons. The SMILES string of the molecule is Cc1ccccc1-c1ccccc1C(c1ccccc1)c1ccccc1.N=C=O.N=C=O.N=C=O. The van der Waals surface area contributed by atoms with Crippen LogP contribution in [0.2, 0.25) is 0 Å². The van der Waals surface area contributed by atoms with E-state index in [0.717, 1.165) is 18.2 Å². The summed E-state index contributed by atoms with van der Waals surface area (Å²) in [7, 11) is 0. The lowest BCUT2D eigenvalue weighted by Gasteiger charge is -2.22. The third-order valence-corrected chi connectivity index (χ3v) is 4.97.